The first kappa shape index (κ1) is 8.96. The molecule has 2 unspecified atom stereocenters. The highest BCUT2D eigenvalue weighted by Crippen LogP contribution is 2.41. The molecule has 2 atom stereocenters. The Morgan fingerprint density at radius 3 is 2.73 bits per heavy atom. The summed E-state index contributed by atoms with van der Waals surface area (Å²) in [5, 5.41) is 0. The van der Waals surface area contributed by atoms with Crippen molar-refractivity contribution in [2.45, 2.75) is 32.2 Å². The number of amides is 1. The standard InChI is InChI=1S/C13H15NO/c1-9-4-2-3-5-12(9)14-11-7-6-10(8-11)13(14)15/h2-5,10-11H,6-8H2,1H3. The monoisotopic (exact) mass is 201 g/mol. The van der Waals surface area contributed by atoms with Crippen molar-refractivity contribution in [3.8, 4) is 0 Å². The van der Waals surface area contributed by atoms with Crippen LogP contribution in [0.4, 0.5) is 5.69 Å². The molecule has 2 aliphatic rings. The maximum absolute atomic E-state index is 12.0. The van der Waals surface area contributed by atoms with Gasteiger partial charge in [0.2, 0.25) is 5.91 Å². The van der Waals surface area contributed by atoms with Crippen LogP contribution in [0.3, 0.4) is 0 Å². The fraction of sp³-hybridized carbons (Fsp3) is 0.462. The summed E-state index contributed by atoms with van der Waals surface area (Å²) >= 11 is 0. The lowest BCUT2D eigenvalue weighted by Crippen LogP contribution is -2.37. The third-order valence-corrected chi connectivity index (χ3v) is 3.73. The molecular weight excluding hydrogens is 186 g/mol. The van der Waals surface area contributed by atoms with Crippen LogP contribution in [-0.2, 0) is 4.79 Å². The number of carbonyl (C=O) groups excluding carboxylic acids is 1. The molecule has 3 rings (SSSR count). The van der Waals surface area contributed by atoms with E-state index in [1.807, 2.05) is 17.0 Å². The zero-order valence-electron chi connectivity index (χ0n) is 8.94. The van der Waals surface area contributed by atoms with E-state index >= 15 is 0 Å². The minimum atomic E-state index is 0.314. The zero-order valence-corrected chi connectivity index (χ0v) is 8.94. The Morgan fingerprint density at radius 2 is 2.07 bits per heavy atom. The van der Waals surface area contributed by atoms with E-state index in [1.54, 1.807) is 0 Å². The van der Waals surface area contributed by atoms with E-state index in [1.165, 1.54) is 12.0 Å². The Hall–Kier alpha value is -1.31. The van der Waals surface area contributed by atoms with Crippen LogP contribution in [0, 0.1) is 12.8 Å². The summed E-state index contributed by atoms with van der Waals surface area (Å²) in [6.45, 7) is 2.08. The summed E-state index contributed by atoms with van der Waals surface area (Å²) in [6.07, 6.45) is 3.36. The molecule has 1 heterocycles. The van der Waals surface area contributed by atoms with Crippen LogP contribution in [-0.4, -0.2) is 11.9 Å². The molecule has 1 aromatic carbocycles. The number of nitrogens with zero attached hydrogens (tertiary/aromatic N) is 1. The van der Waals surface area contributed by atoms with E-state index in [4.69, 9.17) is 0 Å². The van der Waals surface area contributed by atoms with Crippen LogP contribution in [0.25, 0.3) is 0 Å². The van der Waals surface area contributed by atoms with Gasteiger partial charge in [0.1, 0.15) is 0 Å². The normalized spacial score (nSPS) is 28.9. The highest BCUT2D eigenvalue weighted by atomic mass is 16.2. The van der Waals surface area contributed by atoms with Crippen LogP contribution in [0.2, 0.25) is 0 Å². The minimum Gasteiger partial charge on any atom is -0.309 e. The van der Waals surface area contributed by atoms with Gasteiger partial charge in [-0.05, 0) is 37.8 Å². The lowest BCUT2D eigenvalue weighted by atomic mass is 10.1. The molecule has 1 aliphatic heterocycles. The van der Waals surface area contributed by atoms with Crippen molar-refractivity contribution in [2.24, 2.45) is 5.92 Å². The lowest BCUT2D eigenvalue weighted by molar-refractivity contribution is -0.121. The molecule has 78 valence electrons. The zero-order chi connectivity index (χ0) is 10.4. The maximum Gasteiger partial charge on any atom is 0.230 e. The number of anilines is 1. The number of rotatable bonds is 1. The van der Waals surface area contributed by atoms with Crippen molar-refractivity contribution in [1.29, 1.82) is 0 Å². The molecule has 2 nitrogen and oxygen atoms in total. The second-order valence-corrected chi connectivity index (χ2v) is 4.66. The molecule has 2 heteroatoms. The molecular formula is C13H15NO. The quantitative estimate of drug-likeness (QED) is 0.683. The van der Waals surface area contributed by atoms with E-state index in [-0.39, 0.29) is 0 Å². The van der Waals surface area contributed by atoms with Crippen LogP contribution in [0.15, 0.2) is 24.3 Å². The summed E-state index contributed by atoms with van der Waals surface area (Å²) in [5.74, 6) is 0.662. The highest BCUT2D eigenvalue weighted by Gasteiger charge is 2.45. The number of hydrogen-bond donors (Lipinski definition) is 0. The summed E-state index contributed by atoms with van der Waals surface area (Å²) in [6, 6.07) is 8.66. The number of hydrogen-bond acceptors (Lipinski definition) is 1. The van der Waals surface area contributed by atoms with Crippen molar-refractivity contribution in [2.75, 3.05) is 4.90 Å². The van der Waals surface area contributed by atoms with Crippen molar-refractivity contribution >= 4 is 11.6 Å². The first-order valence-electron chi connectivity index (χ1n) is 5.66. The molecule has 1 aromatic rings. The predicted octanol–water partition coefficient (Wildman–Crippen LogP) is 2.51. The van der Waals surface area contributed by atoms with Crippen molar-refractivity contribution in [3.63, 3.8) is 0 Å². The van der Waals surface area contributed by atoms with Crippen LogP contribution in [0.5, 0.6) is 0 Å². The highest BCUT2D eigenvalue weighted by molar-refractivity contribution is 5.99. The van der Waals surface area contributed by atoms with E-state index < -0.39 is 0 Å². The Bertz CT molecular complexity index is 413. The number of para-hydroxylation sites is 1. The van der Waals surface area contributed by atoms with Gasteiger partial charge >= 0.3 is 0 Å². The molecule has 15 heavy (non-hydrogen) atoms. The molecule has 1 saturated heterocycles. The Morgan fingerprint density at radius 1 is 1.27 bits per heavy atom. The summed E-state index contributed by atoms with van der Waals surface area (Å²) < 4.78 is 0. The van der Waals surface area contributed by atoms with Crippen molar-refractivity contribution in [3.05, 3.63) is 29.8 Å². The van der Waals surface area contributed by atoms with Gasteiger partial charge in [-0.3, -0.25) is 4.79 Å². The number of benzene rings is 1. The average Bonchev–Trinajstić information content (AvgIpc) is 2.80. The lowest BCUT2D eigenvalue weighted by Gasteiger charge is -2.28. The predicted molar refractivity (Wildman–Crippen MR) is 59.8 cm³/mol. The Labute approximate surface area is 89.9 Å². The van der Waals surface area contributed by atoms with Gasteiger partial charge in [-0.25, -0.2) is 0 Å². The third-order valence-electron chi connectivity index (χ3n) is 3.73. The van der Waals surface area contributed by atoms with Crippen LogP contribution in [0.1, 0.15) is 24.8 Å². The molecule has 1 aliphatic carbocycles. The fourth-order valence-electron chi connectivity index (χ4n) is 2.94. The third kappa shape index (κ3) is 1.21. The Balaban J connectivity index is 2.02. The van der Waals surface area contributed by atoms with E-state index in [0.29, 0.717) is 17.9 Å². The molecule has 2 fully saturated rings. The molecule has 2 bridgehead atoms. The van der Waals surface area contributed by atoms with Crippen molar-refractivity contribution in [1.82, 2.24) is 0 Å². The average molecular weight is 201 g/mol. The van der Waals surface area contributed by atoms with Gasteiger partial charge in [0, 0.05) is 17.6 Å². The summed E-state index contributed by atoms with van der Waals surface area (Å²) in [4.78, 5) is 14.1. The second-order valence-electron chi connectivity index (χ2n) is 4.66. The van der Waals surface area contributed by atoms with Gasteiger partial charge < -0.3 is 4.90 Å². The number of aryl methyl sites for hydroxylation is 1. The van der Waals surface area contributed by atoms with Gasteiger partial charge in [0.25, 0.3) is 0 Å². The molecule has 0 aromatic heterocycles. The van der Waals surface area contributed by atoms with E-state index in [2.05, 4.69) is 19.1 Å². The van der Waals surface area contributed by atoms with Gasteiger partial charge in [-0.15, -0.1) is 0 Å². The maximum atomic E-state index is 12.0. The molecule has 0 N–H and O–H groups in total. The Kier molecular flexibility index (Phi) is 1.84. The minimum absolute atomic E-state index is 0.314. The topological polar surface area (TPSA) is 20.3 Å². The molecule has 1 saturated carbocycles. The molecule has 0 spiro atoms. The van der Waals surface area contributed by atoms with Gasteiger partial charge in [-0.1, -0.05) is 18.2 Å². The second kappa shape index (κ2) is 3.09. The largest absolute Gasteiger partial charge is 0.309 e. The summed E-state index contributed by atoms with van der Waals surface area (Å²) in [5.41, 5.74) is 2.33. The molecule has 1 amide bonds. The van der Waals surface area contributed by atoms with Gasteiger partial charge in [0.05, 0.1) is 0 Å². The number of fused-ring (bicyclic) bond motifs is 2. The van der Waals surface area contributed by atoms with Crippen LogP contribution >= 0.6 is 0 Å². The smallest absolute Gasteiger partial charge is 0.230 e. The number of carbonyl (C=O) groups is 1. The van der Waals surface area contributed by atoms with Gasteiger partial charge in [0.15, 0.2) is 0 Å². The first-order chi connectivity index (χ1) is 7.27. The van der Waals surface area contributed by atoms with E-state index in [0.717, 1.165) is 18.5 Å². The van der Waals surface area contributed by atoms with Gasteiger partial charge in [-0.2, -0.15) is 0 Å². The van der Waals surface area contributed by atoms with Crippen molar-refractivity contribution < 1.29 is 4.79 Å². The fourth-order valence-corrected chi connectivity index (χ4v) is 2.94. The van der Waals surface area contributed by atoms with Crippen LogP contribution < -0.4 is 4.90 Å². The number of piperidine rings is 1. The SMILES string of the molecule is Cc1ccccc1N1C(=O)C2CCC1C2. The summed E-state index contributed by atoms with van der Waals surface area (Å²) in [7, 11) is 0. The van der Waals surface area contributed by atoms with E-state index in [9.17, 15) is 4.79 Å². The molecule has 0 radical (unpaired) electrons. The first-order valence-corrected chi connectivity index (χ1v) is 5.66.